The van der Waals surface area contributed by atoms with Crippen LogP contribution in [0.3, 0.4) is 0 Å². The smallest absolute Gasteiger partial charge is 0.239 e. The first-order valence-corrected chi connectivity index (χ1v) is 6.15. The van der Waals surface area contributed by atoms with Crippen LogP contribution >= 0.6 is 24.0 Å². The topological polar surface area (TPSA) is 65.5 Å². The summed E-state index contributed by atoms with van der Waals surface area (Å²) in [5.41, 5.74) is 0. The molecule has 0 heterocycles. The molecule has 1 amide bonds. The predicted octanol–water partition coefficient (Wildman–Crippen LogP) is 1.01. The van der Waals surface area contributed by atoms with Gasteiger partial charge in [0.05, 0.1) is 6.54 Å². The van der Waals surface area contributed by atoms with E-state index in [1.54, 1.807) is 7.05 Å². The van der Waals surface area contributed by atoms with Gasteiger partial charge >= 0.3 is 0 Å². The molecule has 5 nitrogen and oxygen atoms in total. The van der Waals surface area contributed by atoms with Crippen molar-refractivity contribution < 1.29 is 4.79 Å². The number of halogens is 1. The molecule has 18 heavy (non-hydrogen) atoms. The highest BCUT2D eigenvalue weighted by molar-refractivity contribution is 14.0. The Morgan fingerprint density at radius 2 is 2.00 bits per heavy atom. The van der Waals surface area contributed by atoms with E-state index in [4.69, 9.17) is 0 Å². The van der Waals surface area contributed by atoms with Crippen molar-refractivity contribution in [2.24, 2.45) is 4.99 Å². The quantitative estimate of drug-likeness (QED) is 0.295. The van der Waals surface area contributed by atoms with E-state index < -0.39 is 0 Å². The molecule has 0 aromatic rings. The molecule has 0 aliphatic heterocycles. The number of nitrogens with one attached hydrogen (secondary N) is 3. The van der Waals surface area contributed by atoms with Gasteiger partial charge in [-0.15, -0.1) is 24.0 Å². The zero-order chi connectivity index (χ0) is 12.5. The first-order valence-electron chi connectivity index (χ1n) is 6.15. The molecule has 0 aromatic heterocycles. The fourth-order valence-corrected chi connectivity index (χ4v) is 1.61. The van der Waals surface area contributed by atoms with Gasteiger partial charge in [0.2, 0.25) is 5.91 Å². The molecule has 1 aliphatic rings. The summed E-state index contributed by atoms with van der Waals surface area (Å²) in [6, 6.07) is 0.403. The Kier molecular flexibility index (Phi) is 9.72. The van der Waals surface area contributed by atoms with Gasteiger partial charge in [0.15, 0.2) is 5.96 Å². The fraction of sp³-hybridized carbons (Fsp3) is 0.667. The number of carbonyl (C=O) groups is 1. The van der Waals surface area contributed by atoms with E-state index in [1.807, 2.05) is 6.92 Å². The lowest BCUT2D eigenvalue weighted by atomic mass is 10.2. The summed E-state index contributed by atoms with van der Waals surface area (Å²) in [5, 5.41) is 9.09. The molecule has 104 valence electrons. The fourth-order valence-electron chi connectivity index (χ4n) is 1.61. The van der Waals surface area contributed by atoms with Crippen LogP contribution in [-0.4, -0.2) is 38.0 Å². The first-order chi connectivity index (χ1) is 8.26. The predicted molar refractivity (Wildman–Crippen MR) is 85.4 cm³/mol. The Hall–Kier alpha value is -0.790. The molecule has 0 aromatic carbocycles. The summed E-state index contributed by atoms with van der Waals surface area (Å²) >= 11 is 0. The van der Waals surface area contributed by atoms with Crippen molar-refractivity contribution in [1.29, 1.82) is 0 Å². The molecule has 0 fully saturated rings. The molecule has 0 saturated carbocycles. The molecular formula is C12H23IN4O. The summed E-state index contributed by atoms with van der Waals surface area (Å²) < 4.78 is 0. The van der Waals surface area contributed by atoms with E-state index in [0.29, 0.717) is 12.0 Å². The SMILES string of the molecule is CCCNC(=O)CNC(=NC)NC1CC=CC1.I. The number of hydrogen-bond donors (Lipinski definition) is 3. The number of hydrogen-bond acceptors (Lipinski definition) is 2. The molecule has 0 atom stereocenters. The highest BCUT2D eigenvalue weighted by atomic mass is 127. The van der Waals surface area contributed by atoms with Crippen LogP contribution in [0.15, 0.2) is 17.1 Å². The van der Waals surface area contributed by atoms with E-state index in [0.717, 1.165) is 25.8 Å². The van der Waals surface area contributed by atoms with Gasteiger partial charge in [-0.25, -0.2) is 0 Å². The maximum Gasteiger partial charge on any atom is 0.239 e. The molecule has 1 aliphatic carbocycles. The minimum atomic E-state index is -0.000605. The minimum absolute atomic E-state index is 0. The zero-order valence-electron chi connectivity index (χ0n) is 11.0. The second kappa shape index (κ2) is 10.2. The van der Waals surface area contributed by atoms with Crippen molar-refractivity contribution in [3.63, 3.8) is 0 Å². The summed E-state index contributed by atoms with van der Waals surface area (Å²) in [6.45, 7) is 3.01. The van der Waals surface area contributed by atoms with Crippen molar-refractivity contribution in [2.45, 2.75) is 32.2 Å². The van der Waals surface area contributed by atoms with Crippen LogP contribution in [0, 0.1) is 0 Å². The monoisotopic (exact) mass is 366 g/mol. The van der Waals surface area contributed by atoms with Crippen molar-refractivity contribution in [2.75, 3.05) is 20.1 Å². The second-order valence-corrected chi connectivity index (χ2v) is 4.06. The summed E-state index contributed by atoms with van der Waals surface area (Å²) in [5.74, 6) is 0.685. The number of aliphatic imine (C=N–C) groups is 1. The van der Waals surface area contributed by atoms with E-state index >= 15 is 0 Å². The molecule has 0 unspecified atom stereocenters. The van der Waals surface area contributed by atoms with Crippen LogP contribution in [0.2, 0.25) is 0 Å². The van der Waals surface area contributed by atoms with Gasteiger partial charge in [-0.3, -0.25) is 9.79 Å². The number of nitrogens with zero attached hydrogens (tertiary/aromatic N) is 1. The number of carbonyl (C=O) groups excluding carboxylic acids is 1. The van der Waals surface area contributed by atoms with Crippen molar-refractivity contribution in [3.8, 4) is 0 Å². The lowest BCUT2D eigenvalue weighted by Crippen LogP contribution is -2.46. The zero-order valence-corrected chi connectivity index (χ0v) is 13.4. The molecule has 6 heteroatoms. The van der Waals surface area contributed by atoms with Crippen LogP contribution in [0.5, 0.6) is 0 Å². The molecule has 3 N–H and O–H groups in total. The van der Waals surface area contributed by atoms with E-state index in [9.17, 15) is 4.79 Å². The van der Waals surface area contributed by atoms with Gasteiger partial charge in [-0.1, -0.05) is 19.1 Å². The van der Waals surface area contributed by atoms with Gasteiger partial charge in [-0.2, -0.15) is 0 Å². The van der Waals surface area contributed by atoms with Crippen LogP contribution in [0.1, 0.15) is 26.2 Å². The van der Waals surface area contributed by atoms with E-state index in [-0.39, 0.29) is 36.4 Å². The van der Waals surface area contributed by atoms with E-state index in [2.05, 4.69) is 33.1 Å². The maximum atomic E-state index is 11.4. The van der Waals surface area contributed by atoms with Crippen LogP contribution in [0.25, 0.3) is 0 Å². The van der Waals surface area contributed by atoms with Gasteiger partial charge < -0.3 is 16.0 Å². The number of rotatable bonds is 5. The normalized spacial score (nSPS) is 15.1. The first kappa shape index (κ1) is 17.2. The van der Waals surface area contributed by atoms with Crippen LogP contribution < -0.4 is 16.0 Å². The lowest BCUT2D eigenvalue weighted by molar-refractivity contribution is -0.120. The van der Waals surface area contributed by atoms with Crippen molar-refractivity contribution >= 4 is 35.8 Å². The average molecular weight is 366 g/mol. The molecule has 0 spiro atoms. The van der Waals surface area contributed by atoms with Crippen LogP contribution in [0.4, 0.5) is 0 Å². The summed E-state index contributed by atoms with van der Waals surface area (Å²) in [6.07, 6.45) is 7.29. The number of amides is 1. The second-order valence-electron chi connectivity index (χ2n) is 4.06. The highest BCUT2D eigenvalue weighted by Gasteiger charge is 2.11. The Bertz CT molecular complexity index is 296. The molecular weight excluding hydrogens is 343 g/mol. The standard InChI is InChI=1S/C12H22N4O.HI/c1-3-8-14-11(17)9-15-12(13-2)16-10-6-4-5-7-10;/h4-5,10H,3,6-9H2,1-2H3,(H,14,17)(H2,13,15,16);1H. The largest absolute Gasteiger partial charge is 0.355 e. The molecule has 0 radical (unpaired) electrons. The molecule has 0 bridgehead atoms. The Morgan fingerprint density at radius 3 is 2.56 bits per heavy atom. The lowest BCUT2D eigenvalue weighted by Gasteiger charge is -2.16. The third-order valence-electron chi connectivity index (χ3n) is 2.56. The molecule has 0 saturated heterocycles. The Morgan fingerprint density at radius 1 is 1.33 bits per heavy atom. The summed E-state index contributed by atoms with van der Waals surface area (Å²) in [4.78, 5) is 15.5. The van der Waals surface area contributed by atoms with Crippen molar-refractivity contribution in [3.05, 3.63) is 12.2 Å². The van der Waals surface area contributed by atoms with Crippen molar-refractivity contribution in [1.82, 2.24) is 16.0 Å². The van der Waals surface area contributed by atoms with Gasteiger partial charge in [0, 0.05) is 19.6 Å². The average Bonchev–Trinajstić information content (AvgIpc) is 2.84. The Labute approximate surface area is 126 Å². The number of guanidine groups is 1. The third kappa shape index (κ3) is 6.83. The Balaban J connectivity index is 0.00000289. The molecule has 1 rings (SSSR count). The third-order valence-corrected chi connectivity index (χ3v) is 2.56. The van der Waals surface area contributed by atoms with E-state index in [1.165, 1.54) is 0 Å². The summed E-state index contributed by atoms with van der Waals surface area (Å²) in [7, 11) is 1.71. The van der Waals surface area contributed by atoms with Gasteiger partial charge in [-0.05, 0) is 19.3 Å². The van der Waals surface area contributed by atoms with Crippen LogP contribution in [-0.2, 0) is 4.79 Å². The van der Waals surface area contributed by atoms with Gasteiger partial charge in [0.1, 0.15) is 0 Å². The highest BCUT2D eigenvalue weighted by Crippen LogP contribution is 2.08. The minimum Gasteiger partial charge on any atom is -0.355 e. The van der Waals surface area contributed by atoms with Gasteiger partial charge in [0.25, 0.3) is 0 Å². The maximum absolute atomic E-state index is 11.4.